The van der Waals surface area contributed by atoms with E-state index in [1.165, 1.54) is 11.6 Å². The van der Waals surface area contributed by atoms with Crippen molar-refractivity contribution in [3.05, 3.63) is 60.2 Å². The molecule has 0 spiro atoms. The topological polar surface area (TPSA) is 19.4 Å². The molecule has 3 nitrogen and oxygen atoms in total. The van der Waals surface area contributed by atoms with Gasteiger partial charge in [-0.25, -0.2) is 4.98 Å². The van der Waals surface area contributed by atoms with Gasteiger partial charge in [-0.2, -0.15) is 4.39 Å². The molecule has 0 aliphatic carbocycles. The van der Waals surface area contributed by atoms with Crippen LogP contribution in [0.4, 0.5) is 10.1 Å². The lowest BCUT2D eigenvalue weighted by atomic mass is 10.2. The van der Waals surface area contributed by atoms with Crippen molar-refractivity contribution < 1.29 is 4.39 Å². The van der Waals surface area contributed by atoms with E-state index in [1.807, 2.05) is 12.1 Å². The summed E-state index contributed by atoms with van der Waals surface area (Å²) in [5.74, 6) is -0.407. The van der Waals surface area contributed by atoms with Crippen LogP contribution in [0.2, 0.25) is 0 Å². The van der Waals surface area contributed by atoms with E-state index in [0.717, 1.165) is 38.3 Å². The van der Waals surface area contributed by atoms with Gasteiger partial charge in [0.25, 0.3) is 0 Å². The third-order valence-electron chi connectivity index (χ3n) is 4.22. The summed E-state index contributed by atoms with van der Waals surface area (Å²) in [4.78, 5) is 8.42. The van der Waals surface area contributed by atoms with Gasteiger partial charge in [-0.1, -0.05) is 30.3 Å². The van der Waals surface area contributed by atoms with Crippen LogP contribution in [0.25, 0.3) is 0 Å². The molecule has 0 saturated carbocycles. The Labute approximate surface area is 131 Å². The molecule has 0 amide bonds. The number of halogens is 1. The van der Waals surface area contributed by atoms with E-state index >= 15 is 0 Å². The van der Waals surface area contributed by atoms with E-state index < -0.39 is 5.95 Å². The Morgan fingerprint density at radius 2 is 2.00 bits per heavy atom. The number of anilines is 1. The highest BCUT2D eigenvalue weighted by molar-refractivity contribution is 5.46. The van der Waals surface area contributed by atoms with Crippen LogP contribution < -0.4 is 4.90 Å². The van der Waals surface area contributed by atoms with Gasteiger partial charge in [0.15, 0.2) is 0 Å². The van der Waals surface area contributed by atoms with E-state index in [1.54, 1.807) is 6.20 Å². The maximum Gasteiger partial charge on any atom is 0.214 e. The predicted octanol–water partition coefficient (Wildman–Crippen LogP) is 3.32. The SMILES string of the molecule is CC1CN(Cc2ccccc2)CCCN1c1ccnc(F)c1. The van der Waals surface area contributed by atoms with Crippen LogP contribution in [0.3, 0.4) is 0 Å². The lowest BCUT2D eigenvalue weighted by Crippen LogP contribution is -2.38. The van der Waals surface area contributed by atoms with Gasteiger partial charge in [-0.15, -0.1) is 0 Å². The second-order valence-corrected chi connectivity index (χ2v) is 5.95. The van der Waals surface area contributed by atoms with Crippen molar-refractivity contribution in [2.75, 3.05) is 24.5 Å². The van der Waals surface area contributed by atoms with Crippen LogP contribution in [0.1, 0.15) is 18.9 Å². The average Bonchev–Trinajstić information content (AvgIpc) is 2.69. The first-order valence-corrected chi connectivity index (χ1v) is 7.87. The van der Waals surface area contributed by atoms with Crippen molar-refractivity contribution in [1.82, 2.24) is 9.88 Å². The minimum Gasteiger partial charge on any atom is -0.367 e. The third kappa shape index (κ3) is 3.63. The maximum absolute atomic E-state index is 13.4. The second-order valence-electron chi connectivity index (χ2n) is 5.95. The molecule has 1 saturated heterocycles. The number of hydrogen-bond acceptors (Lipinski definition) is 3. The van der Waals surface area contributed by atoms with Crippen molar-refractivity contribution in [2.24, 2.45) is 0 Å². The Morgan fingerprint density at radius 1 is 1.18 bits per heavy atom. The van der Waals surface area contributed by atoms with Crippen LogP contribution in [-0.4, -0.2) is 35.6 Å². The molecule has 1 aliphatic rings. The fourth-order valence-corrected chi connectivity index (χ4v) is 3.19. The van der Waals surface area contributed by atoms with Crippen LogP contribution in [-0.2, 0) is 6.54 Å². The molecule has 1 atom stereocenters. The monoisotopic (exact) mass is 299 g/mol. The van der Waals surface area contributed by atoms with Gasteiger partial charge in [0.2, 0.25) is 5.95 Å². The van der Waals surface area contributed by atoms with Gasteiger partial charge >= 0.3 is 0 Å². The Hall–Kier alpha value is -1.94. The van der Waals surface area contributed by atoms with Crippen molar-refractivity contribution >= 4 is 5.69 Å². The Kier molecular flexibility index (Phi) is 4.68. The summed E-state index contributed by atoms with van der Waals surface area (Å²) < 4.78 is 13.4. The number of nitrogens with zero attached hydrogens (tertiary/aromatic N) is 3. The summed E-state index contributed by atoms with van der Waals surface area (Å²) in [5, 5.41) is 0. The average molecular weight is 299 g/mol. The fraction of sp³-hybridized carbons (Fsp3) is 0.389. The summed E-state index contributed by atoms with van der Waals surface area (Å²) in [6.07, 6.45) is 2.63. The van der Waals surface area contributed by atoms with Crippen LogP contribution in [0, 0.1) is 5.95 Å². The summed E-state index contributed by atoms with van der Waals surface area (Å²) in [5.41, 5.74) is 2.28. The Bertz CT molecular complexity index is 602. The highest BCUT2D eigenvalue weighted by Crippen LogP contribution is 2.21. The third-order valence-corrected chi connectivity index (χ3v) is 4.22. The first-order valence-electron chi connectivity index (χ1n) is 7.87. The molecule has 1 aromatic carbocycles. The fourth-order valence-electron chi connectivity index (χ4n) is 3.19. The summed E-state index contributed by atoms with van der Waals surface area (Å²) in [7, 11) is 0. The smallest absolute Gasteiger partial charge is 0.214 e. The number of aromatic nitrogens is 1. The molecule has 3 rings (SSSR count). The van der Waals surface area contributed by atoms with Gasteiger partial charge < -0.3 is 4.90 Å². The largest absolute Gasteiger partial charge is 0.367 e. The molecule has 116 valence electrons. The van der Waals surface area contributed by atoms with Crippen LogP contribution in [0.5, 0.6) is 0 Å². The summed E-state index contributed by atoms with van der Waals surface area (Å²) in [6, 6.07) is 14.3. The number of pyridine rings is 1. The summed E-state index contributed by atoms with van der Waals surface area (Å²) >= 11 is 0. The van der Waals surface area contributed by atoms with Crippen molar-refractivity contribution in [3.8, 4) is 0 Å². The zero-order valence-electron chi connectivity index (χ0n) is 13.0. The van der Waals surface area contributed by atoms with Gasteiger partial charge in [-0.3, -0.25) is 4.90 Å². The minimum absolute atomic E-state index is 0.355. The molecule has 1 unspecified atom stereocenters. The zero-order chi connectivity index (χ0) is 15.4. The van der Waals surface area contributed by atoms with Crippen molar-refractivity contribution in [3.63, 3.8) is 0 Å². The van der Waals surface area contributed by atoms with E-state index in [4.69, 9.17) is 0 Å². The van der Waals surface area contributed by atoms with Crippen LogP contribution in [0.15, 0.2) is 48.7 Å². The highest BCUT2D eigenvalue weighted by atomic mass is 19.1. The zero-order valence-corrected chi connectivity index (χ0v) is 13.0. The lowest BCUT2D eigenvalue weighted by molar-refractivity contribution is 0.268. The Balaban J connectivity index is 1.69. The normalized spacial score (nSPS) is 19.9. The first kappa shape index (κ1) is 15.0. The maximum atomic E-state index is 13.4. The summed E-state index contributed by atoms with van der Waals surface area (Å²) in [6.45, 7) is 6.20. The minimum atomic E-state index is -0.407. The van der Waals surface area contributed by atoms with Gasteiger partial charge in [-0.05, 0) is 25.0 Å². The van der Waals surface area contributed by atoms with Gasteiger partial charge in [0, 0.05) is 50.2 Å². The molecule has 1 fully saturated rings. The molecule has 0 bridgehead atoms. The molecule has 2 aromatic rings. The molecule has 22 heavy (non-hydrogen) atoms. The quantitative estimate of drug-likeness (QED) is 0.811. The van der Waals surface area contributed by atoms with Crippen molar-refractivity contribution in [1.29, 1.82) is 0 Å². The van der Waals surface area contributed by atoms with Crippen molar-refractivity contribution in [2.45, 2.75) is 25.9 Å². The molecule has 0 N–H and O–H groups in total. The van der Waals surface area contributed by atoms with Crippen LogP contribution >= 0.6 is 0 Å². The molecule has 0 radical (unpaired) electrons. The molecular weight excluding hydrogens is 277 g/mol. The number of hydrogen-bond donors (Lipinski definition) is 0. The molecule has 1 aromatic heterocycles. The number of rotatable bonds is 3. The second kappa shape index (κ2) is 6.88. The predicted molar refractivity (Wildman–Crippen MR) is 87.3 cm³/mol. The first-order chi connectivity index (χ1) is 10.7. The molecule has 4 heteroatoms. The molecule has 1 aliphatic heterocycles. The van der Waals surface area contributed by atoms with E-state index in [9.17, 15) is 4.39 Å². The highest BCUT2D eigenvalue weighted by Gasteiger charge is 2.22. The standard InChI is InChI=1S/C18H22FN3/c1-15-13-21(14-16-6-3-2-4-7-16)10-5-11-22(15)17-8-9-20-18(19)12-17/h2-4,6-9,12,15H,5,10-11,13-14H2,1H3. The van der Waals surface area contributed by atoms with E-state index in [-0.39, 0.29) is 0 Å². The van der Waals surface area contributed by atoms with E-state index in [2.05, 4.69) is 46.0 Å². The lowest BCUT2D eigenvalue weighted by Gasteiger charge is -2.30. The Morgan fingerprint density at radius 3 is 2.77 bits per heavy atom. The van der Waals surface area contributed by atoms with E-state index in [0.29, 0.717) is 6.04 Å². The molecule has 2 heterocycles. The number of benzene rings is 1. The van der Waals surface area contributed by atoms with Gasteiger partial charge in [0.05, 0.1) is 0 Å². The van der Waals surface area contributed by atoms with Gasteiger partial charge in [0.1, 0.15) is 0 Å². The molecular formula is C18H22FN3.